The SMILES string of the molecule is O=C(NCCCCCCCl)c1ccccc1. The third kappa shape index (κ3) is 5.17. The van der Waals surface area contributed by atoms with Gasteiger partial charge in [-0.05, 0) is 25.0 Å². The van der Waals surface area contributed by atoms with E-state index >= 15 is 0 Å². The molecule has 0 fully saturated rings. The van der Waals surface area contributed by atoms with E-state index in [0.29, 0.717) is 0 Å². The lowest BCUT2D eigenvalue weighted by molar-refractivity contribution is 0.0953. The Balaban J connectivity index is 2.12. The third-order valence-electron chi connectivity index (χ3n) is 2.38. The van der Waals surface area contributed by atoms with Gasteiger partial charge in [0.25, 0.3) is 5.91 Å². The van der Waals surface area contributed by atoms with E-state index in [1.807, 2.05) is 30.3 Å². The van der Waals surface area contributed by atoms with Gasteiger partial charge in [0.2, 0.25) is 0 Å². The molecule has 1 amide bonds. The Hall–Kier alpha value is -1.02. The number of halogens is 1. The summed E-state index contributed by atoms with van der Waals surface area (Å²) in [7, 11) is 0. The zero-order valence-electron chi connectivity index (χ0n) is 9.42. The molecule has 0 saturated carbocycles. The van der Waals surface area contributed by atoms with Crippen LogP contribution >= 0.6 is 11.6 Å². The fraction of sp³-hybridized carbons (Fsp3) is 0.462. The highest BCUT2D eigenvalue weighted by molar-refractivity contribution is 6.17. The van der Waals surface area contributed by atoms with E-state index in [9.17, 15) is 4.79 Å². The zero-order chi connectivity index (χ0) is 11.6. The van der Waals surface area contributed by atoms with Crippen molar-refractivity contribution in [3.8, 4) is 0 Å². The molecule has 0 aliphatic rings. The molecule has 1 aromatic rings. The minimum absolute atomic E-state index is 0.0120. The second kappa shape index (κ2) is 8.17. The van der Waals surface area contributed by atoms with Crippen LogP contribution in [0.5, 0.6) is 0 Å². The average Bonchev–Trinajstić information content (AvgIpc) is 2.34. The van der Waals surface area contributed by atoms with Crippen LogP contribution in [0.15, 0.2) is 30.3 Å². The Kier molecular flexibility index (Phi) is 6.66. The Labute approximate surface area is 102 Å². The van der Waals surface area contributed by atoms with Crippen LogP contribution in [0.25, 0.3) is 0 Å². The molecule has 0 aliphatic heterocycles. The molecule has 1 rings (SSSR count). The molecule has 0 bridgehead atoms. The minimum Gasteiger partial charge on any atom is -0.352 e. The van der Waals surface area contributed by atoms with Crippen LogP contribution in [0.3, 0.4) is 0 Å². The standard InChI is InChI=1S/C13H18ClNO/c14-10-6-1-2-7-11-15-13(16)12-8-4-3-5-9-12/h3-5,8-9H,1-2,6-7,10-11H2,(H,15,16). The van der Waals surface area contributed by atoms with Gasteiger partial charge in [-0.15, -0.1) is 11.6 Å². The number of carbonyl (C=O) groups excluding carboxylic acids is 1. The first kappa shape index (κ1) is 13.0. The van der Waals surface area contributed by atoms with E-state index in [-0.39, 0.29) is 5.91 Å². The molecule has 0 radical (unpaired) electrons. The van der Waals surface area contributed by atoms with Crippen molar-refractivity contribution in [2.75, 3.05) is 12.4 Å². The molecular weight excluding hydrogens is 222 g/mol. The van der Waals surface area contributed by atoms with Crippen LogP contribution in [0.4, 0.5) is 0 Å². The fourth-order valence-electron chi connectivity index (χ4n) is 1.47. The molecule has 3 heteroatoms. The quantitative estimate of drug-likeness (QED) is 0.575. The lowest BCUT2D eigenvalue weighted by Gasteiger charge is -2.04. The van der Waals surface area contributed by atoms with E-state index in [1.165, 1.54) is 0 Å². The molecule has 1 aromatic carbocycles. The van der Waals surface area contributed by atoms with E-state index in [0.717, 1.165) is 43.7 Å². The Bertz CT molecular complexity index is 300. The number of amides is 1. The maximum Gasteiger partial charge on any atom is 0.251 e. The average molecular weight is 240 g/mol. The summed E-state index contributed by atoms with van der Waals surface area (Å²) >= 11 is 5.58. The number of hydrogen-bond donors (Lipinski definition) is 1. The number of benzene rings is 1. The van der Waals surface area contributed by atoms with Gasteiger partial charge in [0.15, 0.2) is 0 Å². The third-order valence-corrected chi connectivity index (χ3v) is 2.65. The maximum atomic E-state index is 11.6. The molecule has 0 saturated heterocycles. The lowest BCUT2D eigenvalue weighted by atomic mass is 10.2. The summed E-state index contributed by atoms with van der Waals surface area (Å²) < 4.78 is 0. The molecule has 0 aromatic heterocycles. The van der Waals surface area contributed by atoms with Gasteiger partial charge in [-0.1, -0.05) is 31.0 Å². The van der Waals surface area contributed by atoms with Crippen molar-refractivity contribution in [1.29, 1.82) is 0 Å². The van der Waals surface area contributed by atoms with Crippen molar-refractivity contribution in [1.82, 2.24) is 5.32 Å². The van der Waals surface area contributed by atoms with Gasteiger partial charge in [0.1, 0.15) is 0 Å². The zero-order valence-corrected chi connectivity index (χ0v) is 10.2. The highest BCUT2D eigenvalue weighted by Gasteiger charge is 2.02. The number of alkyl halides is 1. The van der Waals surface area contributed by atoms with Gasteiger partial charge in [-0.25, -0.2) is 0 Å². The summed E-state index contributed by atoms with van der Waals surface area (Å²) in [6, 6.07) is 9.29. The molecule has 0 aliphatic carbocycles. The summed E-state index contributed by atoms with van der Waals surface area (Å²) in [5, 5.41) is 2.90. The first-order chi connectivity index (χ1) is 7.84. The van der Waals surface area contributed by atoms with Crippen LogP contribution in [-0.4, -0.2) is 18.3 Å². The van der Waals surface area contributed by atoms with Crippen molar-refractivity contribution in [2.24, 2.45) is 0 Å². The number of unbranched alkanes of at least 4 members (excludes halogenated alkanes) is 3. The first-order valence-corrected chi connectivity index (χ1v) is 6.27. The molecule has 88 valence electrons. The summed E-state index contributed by atoms with van der Waals surface area (Å²) in [6.45, 7) is 0.746. The largest absolute Gasteiger partial charge is 0.352 e. The molecule has 2 nitrogen and oxygen atoms in total. The topological polar surface area (TPSA) is 29.1 Å². The summed E-state index contributed by atoms with van der Waals surface area (Å²) in [6.07, 6.45) is 4.36. The molecule has 0 heterocycles. The highest BCUT2D eigenvalue weighted by atomic mass is 35.5. The van der Waals surface area contributed by atoms with Crippen molar-refractivity contribution in [3.05, 3.63) is 35.9 Å². The Morgan fingerprint density at radius 2 is 1.75 bits per heavy atom. The predicted octanol–water partition coefficient (Wildman–Crippen LogP) is 3.22. The summed E-state index contributed by atoms with van der Waals surface area (Å²) in [5.41, 5.74) is 0.725. The fourth-order valence-corrected chi connectivity index (χ4v) is 1.66. The monoisotopic (exact) mass is 239 g/mol. The van der Waals surface area contributed by atoms with E-state index < -0.39 is 0 Å². The summed E-state index contributed by atoms with van der Waals surface area (Å²) in [5.74, 6) is 0.744. The first-order valence-electron chi connectivity index (χ1n) is 5.74. The minimum atomic E-state index is 0.0120. The number of hydrogen-bond acceptors (Lipinski definition) is 1. The van der Waals surface area contributed by atoms with E-state index in [1.54, 1.807) is 0 Å². The second-order valence-electron chi connectivity index (χ2n) is 3.73. The molecular formula is C13H18ClNO. The van der Waals surface area contributed by atoms with Gasteiger partial charge < -0.3 is 5.32 Å². The highest BCUT2D eigenvalue weighted by Crippen LogP contribution is 2.01. The van der Waals surface area contributed by atoms with Crippen molar-refractivity contribution >= 4 is 17.5 Å². The van der Waals surface area contributed by atoms with Crippen LogP contribution in [0.1, 0.15) is 36.0 Å². The molecule has 16 heavy (non-hydrogen) atoms. The molecule has 0 atom stereocenters. The number of carbonyl (C=O) groups is 1. The Morgan fingerprint density at radius 1 is 1.06 bits per heavy atom. The predicted molar refractivity (Wildman–Crippen MR) is 68.0 cm³/mol. The maximum absolute atomic E-state index is 11.6. The molecule has 1 N–H and O–H groups in total. The van der Waals surface area contributed by atoms with Gasteiger partial charge in [0, 0.05) is 18.0 Å². The summed E-state index contributed by atoms with van der Waals surface area (Å²) in [4.78, 5) is 11.6. The van der Waals surface area contributed by atoms with Gasteiger partial charge in [-0.3, -0.25) is 4.79 Å². The van der Waals surface area contributed by atoms with Crippen LogP contribution in [0, 0.1) is 0 Å². The van der Waals surface area contributed by atoms with Crippen LogP contribution in [-0.2, 0) is 0 Å². The number of rotatable bonds is 7. The molecule has 0 unspecified atom stereocenters. The van der Waals surface area contributed by atoms with Crippen molar-refractivity contribution in [2.45, 2.75) is 25.7 Å². The van der Waals surface area contributed by atoms with Crippen LogP contribution < -0.4 is 5.32 Å². The van der Waals surface area contributed by atoms with Crippen LogP contribution in [0.2, 0.25) is 0 Å². The normalized spacial score (nSPS) is 10.1. The van der Waals surface area contributed by atoms with E-state index in [2.05, 4.69) is 5.32 Å². The van der Waals surface area contributed by atoms with Gasteiger partial charge in [0.05, 0.1) is 0 Å². The Morgan fingerprint density at radius 3 is 2.44 bits per heavy atom. The number of nitrogens with one attached hydrogen (secondary N) is 1. The second-order valence-corrected chi connectivity index (χ2v) is 4.10. The van der Waals surface area contributed by atoms with Crippen molar-refractivity contribution < 1.29 is 4.79 Å². The lowest BCUT2D eigenvalue weighted by Crippen LogP contribution is -2.24. The van der Waals surface area contributed by atoms with Crippen molar-refractivity contribution in [3.63, 3.8) is 0 Å². The molecule has 0 spiro atoms. The van der Waals surface area contributed by atoms with Gasteiger partial charge in [-0.2, -0.15) is 0 Å². The van der Waals surface area contributed by atoms with Gasteiger partial charge >= 0.3 is 0 Å². The van der Waals surface area contributed by atoms with E-state index in [4.69, 9.17) is 11.6 Å². The smallest absolute Gasteiger partial charge is 0.251 e.